The Morgan fingerprint density at radius 1 is 0.577 bits per heavy atom. The van der Waals surface area contributed by atoms with Crippen molar-refractivity contribution in [2.75, 3.05) is 0 Å². The van der Waals surface area contributed by atoms with E-state index in [2.05, 4.69) is 180 Å². The lowest BCUT2D eigenvalue weighted by molar-refractivity contribution is 0.596. The Morgan fingerprint density at radius 3 is 2.00 bits per heavy atom. The summed E-state index contributed by atoms with van der Waals surface area (Å²) in [6, 6.07) is 46.4. The molecule has 0 radical (unpaired) electrons. The summed E-state index contributed by atoms with van der Waals surface area (Å²) in [6.07, 6.45) is 0. The summed E-state index contributed by atoms with van der Waals surface area (Å²) in [6.45, 7) is 16.1. The van der Waals surface area contributed by atoms with Crippen molar-refractivity contribution < 1.29 is 4.42 Å². The molecule has 0 fully saturated rings. The monoisotopic (exact) mass is 676 g/mol. The maximum absolute atomic E-state index is 6.96. The zero-order valence-corrected chi connectivity index (χ0v) is 31.1. The second kappa shape index (κ2) is 12.0. The van der Waals surface area contributed by atoms with Gasteiger partial charge in [-0.3, -0.25) is 4.57 Å². The smallest absolute Gasteiger partial charge is 0.149 e. The molecule has 2 aromatic heterocycles. The summed E-state index contributed by atoms with van der Waals surface area (Å²) in [5.74, 6) is 1.47. The zero-order chi connectivity index (χ0) is 35.9. The minimum absolute atomic E-state index is 0.0454. The van der Waals surface area contributed by atoms with E-state index in [1.54, 1.807) is 0 Å². The fraction of sp³-hybridized carbons (Fsp3) is 0.204. The molecule has 3 heteroatoms. The van der Waals surface area contributed by atoms with Crippen LogP contribution in [0.15, 0.2) is 132 Å². The van der Waals surface area contributed by atoms with Crippen LogP contribution in [0.3, 0.4) is 0 Å². The number of imidazole rings is 1. The first-order valence-corrected chi connectivity index (χ1v) is 18.6. The van der Waals surface area contributed by atoms with Gasteiger partial charge in [0.15, 0.2) is 0 Å². The highest BCUT2D eigenvalue weighted by atomic mass is 16.3. The topological polar surface area (TPSA) is 31.0 Å². The predicted octanol–water partition coefficient (Wildman–Crippen LogP) is 14.1. The highest BCUT2D eigenvalue weighted by Gasteiger charge is 2.26. The molecular formula is C49H44N2O. The van der Waals surface area contributed by atoms with Crippen molar-refractivity contribution in [2.24, 2.45) is 0 Å². The molecule has 256 valence electrons. The Kier molecular flexibility index (Phi) is 7.41. The Bertz CT molecular complexity index is 2800. The fourth-order valence-electron chi connectivity index (χ4n) is 8.26. The average molecular weight is 677 g/mol. The van der Waals surface area contributed by atoms with Crippen molar-refractivity contribution in [3.63, 3.8) is 0 Å². The van der Waals surface area contributed by atoms with Crippen molar-refractivity contribution in [3.8, 4) is 28.2 Å². The molecule has 0 unspecified atom stereocenters. The molecule has 0 saturated carbocycles. The molecule has 2 heterocycles. The third kappa shape index (κ3) is 5.05. The molecule has 0 amide bonds. The van der Waals surface area contributed by atoms with Crippen LogP contribution in [0.1, 0.15) is 77.0 Å². The number of hydrogen-bond acceptors (Lipinski definition) is 2. The van der Waals surface area contributed by atoms with Crippen molar-refractivity contribution in [3.05, 3.63) is 144 Å². The van der Waals surface area contributed by atoms with Gasteiger partial charge in [0, 0.05) is 10.8 Å². The van der Waals surface area contributed by atoms with E-state index in [1.807, 2.05) is 0 Å². The van der Waals surface area contributed by atoms with Gasteiger partial charge >= 0.3 is 0 Å². The van der Waals surface area contributed by atoms with Crippen molar-refractivity contribution >= 4 is 54.5 Å². The molecular weight excluding hydrogens is 633 g/mol. The maximum atomic E-state index is 6.96. The lowest BCUT2D eigenvalue weighted by Gasteiger charge is -2.24. The maximum Gasteiger partial charge on any atom is 0.149 e. The number of fused-ring (bicyclic) bond motifs is 7. The van der Waals surface area contributed by atoms with Gasteiger partial charge in [-0.05, 0) is 109 Å². The van der Waals surface area contributed by atoms with Crippen LogP contribution in [0, 0.1) is 0 Å². The fourth-order valence-corrected chi connectivity index (χ4v) is 8.26. The van der Waals surface area contributed by atoms with Gasteiger partial charge in [0.25, 0.3) is 0 Å². The van der Waals surface area contributed by atoms with Gasteiger partial charge in [-0.2, -0.15) is 0 Å². The van der Waals surface area contributed by atoms with Gasteiger partial charge < -0.3 is 4.42 Å². The van der Waals surface area contributed by atoms with E-state index in [9.17, 15) is 0 Å². The quantitative estimate of drug-likeness (QED) is 0.170. The first kappa shape index (κ1) is 32.3. The first-order chi connectivity index (χ1) is 25.1. The molecule has 0 spiro atoms. The molecule has 52 heavy (non-hydrogen) atoms. The van der Waals surface area contributed by atoms with Gasteiger partial charge in [-0.1, -0.05) is 133 Å². The van der Waals surface area contributed by atoms with Crippen LogP contribution in [0.4, 0.5) is 0 Å². The zero-order valence-electron chi connectivity index (χ0n) is 31.1. The van der Waals surface area contributed by atoms with Crippen LogP contribution in [0.2, 0.25) is 0 Å². The van der Waals surface area contributed by atoms with Crippen LogP contribution in [-0.2, 0) is 5.41 Å². The summed E-state index contributed by atoms with van der Waals surface area (Å²) >= 11 is 0. The van der Waals surface area contributed by atoms with E-state index in [4.69, 9.17) is 9.40 Å². The Morgan fingerprint density at radius 2 is 1.27 bits per heavy atom. The van der Waals surface area contributed by atoms with Crippen LogP contribution < -0.4 is 0 Å². The Balaban J connectivity index is 1.33. The van der Waals surface area contributed by atoms with Crippen molar-refractivity contribution in [1.82, 2.24) is 9.55 Å². The molecule has 0 aliphatic carbocycles. The average Bonchev–Trinajstić information content (AvgIpc) is 3.71. The number of furan rings is 1. The van der Waals surface area contributed by atoms with E-state index in [0.29, 0.717) is 0 Å². The number of hydrogen-bond donors (Lipinski definition) is 0. The molecule has 0 aliphatic rings. The molecule has 9 rings (SSSR count). The molecule has 0 aliphatic heterocycles. The molecule has 0 N–H and O–H groups in total. The third-order valence-corrected chi connectivity index (χ3v) is 10.8. The lowest BCUT2D eigenvalue weighted by atomic mass is 9.83. The van der Waals surface area contributed by atoms with E-state index in [0.717, 1.165) is 44.4 Å². The van der Waals surface area contributed by atoms with Gasteiger partial charge in [0.2, 0.25) is 0 Å². The van der Waals surface area contributed by atoms with Crippen LogP contribution in [0.5, 0.6) is 0 Å². The predicted molar refractivity (Wildman–Crippen MR) is 221 cm³/mol. The largest absolute Gasteiger partial charge is 0.455 e. The molecule has 3 nitrogen and oxygen atoms in total. The second-order valence-corrected chi connectivity index (χ2v) is 16.0. The summed E-state index contributed by atoms with van der Waals surface area (Å²) in [5.41, 5.74) is 12.5. The molecule has 9 aromatic rings. The Labute approximate surface area is 305 Å². The van der Waals surface area contributed by atoms with E-state index in [1.165, 1.54) is 55.0 Å². The SMILES string of the molecule is CC(C)c1cc(-c2ccccc2)cc(C(C)C)c1-n1c(-c2cccc3c2oc2cc4c(ccc5c(C(C)(C)C)cccc54)cc23)nc2ccccc21. The van der Waals surface area contributed by atoms with Crippen LogP contribution in [0.25, 0.3) is 82.7 Å². The third-order valence-electron chi connectivity index (χ3n) is 10.8. The van der Waals surface area contributed by atoms with E-state index < -0.39 is 0 Å². The standard InChI is InChI=1S/C49H44N2O/c1-29(2)38-26-33(31-15-9-8-10-16-31)27-39(30(3)4)46(38)51-44-22-12-11-21-43(44)50-48(51)37-19-13-18-36-41-25-32-23-24-35-34(17-14-20-42(35)49(5,6)7)40(32)28-45(41)52-47(36)37/h8-30H,1-7H3. The summed E-state index contributed by atoms with van der Waals surface area (Å²) in [4.78, 5) is 5.39. The number of benzene rings is 7. The highest BCUT2D eigenvalue weighted by Crippen LogP contribution is 2.44. The van der Waals surface area contributed by atoms with E-state index in [-0.39, 0.29) is 17.3 Å². The molecule has 0 atom stereocenters. The summed E-state index contributed by atoms with van der Waals surface area (Å²) in [7, 11) is 0. The van der Waals surface area contributed by atoms with Crippen LogP contribution >= 0.6 is 0 Å². The molecule has 0 bridgehead atoms. The van der Waals surface area contributed by atoms with Crippen LogP contribution in [-0.4, -0.2) is 9.55 Å². The number of para-hydroxylation sites is 3. The highest BCUT2D eigenvalue weighted by molar-refractivity contribution is 6.18. The molecule has 0 saturated heterocycles. The number of aromatic nitrogens is 2. The first-order valence-electron chi connectivity index (χ1n) is 18.6. The minimum Gasteiger partial charge on any atom is -0.455 e. The second-order valence-electron chi connectivity index (χ2n) is 16.0. The Hall–Kier alpha value is -5.67. The molecule has 7 aromatic carbocycles. The minimum atomic E-state index is 0.0454. The van der Waals surface area contributed by atoms with Gasteiger partial charge in [-0.15, -0.1) is 0 Å². The van der Waals surface area contributed by atoms with Crippen molar-refractivity contribution in [2.45, 2.75) is 65.7 Å². The van der Waals surface area contributed by atoms with E-state index >= 15 is 0 Å². The van der Waals surface area contributed by atoms with Crippen molar-refractivity contribution in [1.29, 1.82) is 0 Å². The van der Waals surface area contributed by atoms with Gasteiger partial charge in [-0.25, -0.2) is 4.98 Å². The van der Waals surface area contributed by atoms with Gasteiger partial charge in [0.1, 0.15) is 17.0 Å². The normalized spacial score (nSPS) is 12.5. The summed E-state index contributed by atoms with van der Waals surface area (Å²) < 4.78 is 9.37. The number of rotatable bonds is 5. The number of nitrogens with zero attached hydrogens (tertiary/aromatic N) is 2. The summed E-state index contributed by atoms with van der Waals surface area (Å²) in [5, 5.41) is 7.21. The lowest BCUT2D eigenvalue weighted by Crippen LogP contribution is -2.11. The van der Waals surface area contributed by atoms with Gasteiger partial charge in [0.05, 0.1) is 22.3 Å².